The summed E-state index contributed by atoms with van der Waals surface area (Å²) in [5, 5.41) is 3.38. The summed E-state index contributed by atoms with van der Waals surface area (Å²) in [4.78, 5) is 13.6. The maximum atomic E-state index is 12.8. The first-order valence-corrected chi connectivity index (χ1v) is 10.7. The number of benzene rings is 2. The molecule has 2 heterocycles. The maximum absolute atomic E-state index is 12.8. The highest BCUT2D eigenvalue weighted by Gasteiger charge is 2.26. The van der Waals surface area contributed by atoms with Crippen LogP contribution in [0.2, 0.25) is 0 Å². The highest BCUT2D eigenvalue weighted by Crippen LogP contribution is 2.30. The molecule has 8 heteroatoms. The molecule has 1 atom stereocenters. The molecular weight excluding hydrogens is 398 g/mol. The quantitative estimate of drug-likeness (QED) is 0.793. The topological polar surface area (TPSA) is 78.5 Å². The van der Waals surface area contributed by atoms with Crippen LogP contribution >= 0.6 is 12.4 Å². The molecule has 0 aromatic heterocycles. The third-order valence-electron chi connectivity index (χ3n) is 5.34. The molecule has 2 aliphatic rings. The molecule has 0 bridgehead atoms. The summed E-state index contributed by atoms with van der Waals surface area (Å²) < 4.78 is 28.4. The number of carbonyl (C=O) groups excluding carboxylic acids is 1. The zero-order chi connectivity index (χ0) is 19.0. The standard InChI is InChI=1S/C20H23N3O3S.ClH/c1-14(24)23-11-9-16-6-7-17(12-20(16)23)27(25,26)22-13-19-18-5-3-2-4-15(18)8-10-21-19;/h2-7,12,19,21-22H,8-11,13H2,1H3;1H. The molecule has 0 aliphatic carbocycles. The van der Waals surface area contributed by atoms with Gasteiger partial charge in [0.25, 0.3) is 0 Å². The van der Waals surface area contributed by atoms with E-state index in [-0.39, 0.29) is 35.8 Å². The number of halogens is 1. The van der Waals surface area contributed by atoms with Crippen molar-refractivity contribution in [2.24, 2.45) is 0 Å². The Balaban J connectivity index is 0.00000225. The lowest BCUT2D eigenvalue weighted by Gasteiger charge is -2.27. The second-order valence-corrected chi connectivity index (χ2v) is 8.79. The lowest BCUT2D eigenvalue weighted by molar-refractivity contribution is -0.116. The fourth-order valence-electron chi connectivity index (χ4n) is 3.90. The number of hydrogen-bond acceptors (Lipinski definition) is 4. The van der Waals surface area contributed by atoms with Crippen molar-refractivity contribution in [1.29, 1.82) is 0 Å². The zero-order valence-corrected chi connectivity index (χ0v) is 17.3. The Labute approximate surface area is 171 Å². The fourth-order valence-corrected chi connectivity index (χ4v) is 4.97. The van der Waals surface area contributed by atoms with Crippen LogP contribution < -0.4 is 14.9 Å². The smallest absolute Gasteiger partial charge is 0.240 e. The second kappa shape index (κ2) is 8.21. The third-order valence-corrected chi connectivity index (χ3v) is 6.76. The Hall–Kier alpha value is -1.93. The van der Waals surface area contributed by atoms with Gasteiger partial charge >= 0.3 is 0 Å². The minimum Gasteiger partial charge on any atom is -0.312 e. The average molecular weight is 422 g/mol. The lowest BCUT2D eigenvalue weighted by atomic mass is 9.95. The lowest BCUT2D eigenvalue weighted by Crippen LogP contribution is -2.38. The number of rotatable bonds is 4. The second-order valence-electron chi connectivity index (χ2n) is 7.02. The molecular formula is C20H24ClN3O3S. The van der Waals surface area contributed by atoms with Gasteiger partial charge in [-0.15, -0.1) is 12.4 Å². The Morgan fingerprint density at radius 3 is 2.75 bits per heavy atom. The number of nitrogens with one attached hydrogen (secondary N) is 2. The molecule has 28 heavy (non-hydrogen) atoms. The van der Waals surface area contributed by atoms with Gasteiger partial charge in [0.15, 0.2) is 0 Å². The van der Waals surface area contributed by atoms with Crippen molar-refractivity contribution in [2.75, 3.05) is 24.5 Å². The van der Waals surface area contributed by atoms with Gasteiger partial charge in [-0.1, -0.05) is 30.3 Å². The van der Waals surface area contributed by atoms with Crippen LogP contribution in [0.1, 0.15) is 29.7 Å². The van der Waals surface area contributed by atoms with Crippen LogP contribution in [-0.2, 0) is 27.7 Å². The van der Waals surface area contributed by atoms with Gasteiger partial charge < -0.3 is 10.2 Å². The minimum absolute atomic E-state index is 0. The van der Waals surface area contributed by atoms with Gasteiger partial charge in [0.2, 0.25) is 15.9 Å². The number of hydrogen-bond donors (Lipinski definition) is 2. The molecule has 150 valence electrons. The molecule has 4 rings (SSSR count). The Kier molecular flexibility index (Phi) is 6.09. The van der Waals surface area contributed by atoms with Crippen LogP contribution in [0.5, 0.6) is 0 Å². The first kappa shape index (κ1) is 20.8. The average Bonchev–Trinajstić information content (AvgIpc) is 3.10. The summed E-state index contributed by atoms with van der Waals surface area (Å²) in [6.07, 6.45) is 1.70. The predicted octanol–water partition coefficient (Wildman–Crippen LogP) is 2.18. The maximum Gasteiger partial charge on any atom is 0.240 e. The van der Waals surface area contributed by atoms with Crippen molar-refractivity contribution < 1.29 is 13.2 Å². The van der Waals surface area contributed by atoms with Gasteiger partial charge in [-0.25, -0.2) is 13.1 Å². The molecule has 0 saturated heterocycles. The third kappa shape index (κ3) is 3.93. The first-order valence-electron chi connectivity index (χ1n) is 9.17. The summed E-state index contributed by atoms with van der Waals surface area (Å²) in [7, 11) is -3.66. The van der Waals surface area contributed by atoms with Crippen molar-refractivity contribution in [3.8, 4) is 0 Å². The molecule has 1 amide bonds. The van der Waals surface area contributed by atoms with Gasteiger partial charge in [-0.3, -0.25) is 4.79 Å². The number of carbonyl (C=O) groups is 1. The molecule has 2 aromatic carbocycles. The van der Waals surface area contributed by atoms with Crippen LogP contribution in [0.15, 0.2) is 47.4 Å². The number of anilines is 1. The van der Waals surface area contributed by atoms with Crippen LogP contribution in [-0.4, -0.2) is 34.0 Å². The summed E-state index contributed by atoms with van der Waals surface area (Å²) >= 11 is 0. The Morgan fingerprint density at radius 2 is 1.96 bits per heavy atom. The molecule has 1 unspecified atom stereocenters. The van der Waals surface area contributed by atoms with Crippen molar-refractivity contribution in [1.82, 2.24) is 10.0 Å². The SMILES string of the molecule is CC(=O)N1CCc2ccc(S(=O)(=O)NCC3NCCc4ccccc43)cc21.Cl. The van der Waals surface area contributed by atoms with Crippen molar-refractivity contribution in [3.05, 3.63) is 59.2 Å². The molecule has 0 fully saturated rings. The van der Waals surface area contributed by atoms with E-state index in [0.717, 1.165) is 30.5 Å². The minimum atomic E-state index is -3.66. The van der Waals surface area contributed by atoms with Crippen LogP contribution in [0, 0.1) is 0 Å². The highest BCUT2D eigenvalue weighted by atomic mass is 35.5. The van der Waals surface area contributed by atoms with Crippen molar-refractivity contribution in [2.45, 2.75) is 30.7 Å². The predicted molar refractivity (Wildman–Crippen MR) is 111 cm³/mol. The van der Waals surface area contributed by atoms with Gasteiger partial charge in [0, 0.05) is 31.7 Å². The van der Waals surface area contributed by atoms with E-state index >= 15 is 0 Å². The summed E-state index contributed by atoms with van der Waals surface area (Å²) in [5.41, 5.74) is 4.11. The van der Waals surface area contributed by atoms with Gasteiger partial charge in [0.1, 0.15) is 0 Å². The molecule has 0 saturated carbocycles. The molecule has 2 N–H and O–H groups in total. The summed E-state index contributed by atoms with van der Waals surface area (Å²) in [5.74, 6) is -0.0701. The molecule has 0 radical (unpaired) electrons. The normalized spacial score (nSPS) is 18.2. The van der Waals surface area contributed by atoms with E-state index < -0.39 is 10.0 Å². The van der Waals surface area contributed by atoms with E-state index in [1.54, 1.807) is 23.1 Å². The van der Waals surface area contributed by atoms with Gasteiger partial charge in [0.05, 0.1) is 4.90 Å². The van der Waals surface area contributed by atoms with Gasteiger partial charge in [-0.05, 0) is 48.2 Å². The van der Waals surface area contributed by atoms with E-state index in [2.05, 4.69) is 16.1 Å². The summed E-state index contributed by atoms with van der Waals surface area (Å²) in [6, 6.07) is 13.1. The summed E-state index contributed by atoms with van der Waals surface area (Å²) in [6.45, 7) is 3.22. The Bertz CT molecular complexity index is 994. The zero-order valence-electron chi connectivity index (χ0n) is 15.6. The van der Waals surface area contributed by atoms with Gasteiger partial charge in [-0.2, -0.15) is 0 Å². The molecule has 0 spiro atoms. The van der Waals surface area contributed by atoms with E-state index in [9.17, 15) is 13.2 Å². The van der Waals surface area contributed by atoms with E-state index in [1.165, 1.54) is 12.5 Å². The van der Waals surface area contributed by atoms with Crippen LogP contribution in [0.4, 0.5) is 5.69 Å². The largest absolute Gasteiger partial charge is 0.312 e. The number of nitrogens with zero attached hydrogens (tertiary/aromatic N) is 1. The van der Waals surface area contributed by atoms with E-state index in [0.29, 0.717) is 12.2 Å². The number of sulfonamides is 1. The number of amides is 1. The first-order chi connectivity index (χ1) is 13.0. The van der Waals surface area contributed by atoms with E-state index in [4.69, 9.17) is 0 Å². The monoisotopic (exact) mass is 421 g/mol. The Morgan fingerprint density at radius 1 is 1.18 bits per heavy atom. The van der Waals surface area contributed by atoms with Crippen LogP contribution in [0.25, 0.3) is 0 Å². The van der Waals surface area contributed by atoms with Crippen molar-refractivity contribution in [3.63, 3.8) is 0 Å². The fraction of sp³-hybridized carbons (Fsp3) is 0.350. The van der Waals surface area contributed by atoms with Crippen molar-refractivity contribution >= 4 is 34.0 Å². The van der Waals surface area contributed by atoms with Crippen LogP contribution in [0.3, 0.4) is 0 Å². The molecule has 2 aliphatic heterocycles. The van der Waals surface area contributed by atoms with E-state index in [1.807, 2.05) is 18.2 Å². The number of fused-ring (bicyclic) bond motifs is 2. The molecule has 6 nitrogen and oxygen atoms in total. The highest BCUT2D eigenvalue weighted by molar-refractivity contribution is 7.89. The molecule has 2 aromatic rings.